The first kappa shape index (κ1) is 29.1. The standard InChI is InChI=1S/C30H34Cl2N2O2S/c1-4-22(3)33-30(36)28(19-23-9-6-5-7-10-23)34(20-25-26(31)11-8-12-27(25)32)29(35)17-18-37-24-15-13-21(2)14-16-24/h5-16,22,28H,4,17-20H2,1-3H3,(H,33,36)/t22-,28+/m0/s1. The highest BCUT2D eigenvalue weighted by molar-refractivity contribution is 7.99. The number of nitrogens with zero attached hydrogens (tertiary/aromatic N) is 1. The minimum Gasteiger partial charge on any atom is -0.352 e. The fourth-order valence-electron chi connectivity index (χ4n) is 3.88. The van der Waals surface area contributed by atoms with Crippen LogP contribution >= 0.6 is 35.0 Å². The Hall–Kier alpha value is -2.47. The third-order valence-corrected chi connectivity index (χ3v) is 7.99. The third kappa shape index (κ3) is 8.80. The largest absolute Gasteiger partial charge is 0.352 e. The lowest BCUT2D eigenvalue weighted by Gasteiger charge is -2.33. The number of hydrogen-bond acceptors (Lipinski definition) is 3. The van der Waals surface area contributed by atoms with Gasteiger partial charge in [-0.25, -0.2) is 0 Å². The van der Waals surface area contributed by atoms with Gasteiger partial charge in [0.1, 0.15) is 6.04 Å². The zero-order chi connectivity index (χ0) is 26.8. The monoisotopic (exact) mass is 556 g/mol. The quantitative estimate of drug-likeness (QED) is 0.237. The minimum absolute atomic E-state index is 0.0104. The summed E-state index contributed by atoms with van der Waals surface area (Å²) in [5.74, 6) is 0.302. The fourth-order valence-corrected chi connectivity index (χ4v) is 5.24. The molecule has 0 heterocycles. The van der Waals surface area contributed by atoms with Gasteiger partial charge < -0.3 is 10.2 Å². The zero-order valence-electron chi connectivity index (χ0n) is 21.5. The molecule has 2 amide bonds. The Morgan fingerprint density at radius 2 is 1.59 bits per heavy atom. The molecule has 0 fully saturated rings. The van der Waals surface area contributed by atoms with Crippen LogP contribution in [0.15, 0.2) is 77.7 Å². The molecule has 0 aliphatic rings. The number of rotatable bonds is 12. The van der Waals surface area contributed by atoms with E-state index in [0.29, 0.717) is 27.8 Å². The van der Waals surface area contributed by atoms with Gasteiger partial charge in [0, 0.05) is 51.7 Å². The second-order valence-corrected chi connectivity index (χ2v) is 11.1. The highest BCUT2D eigenvalue weighted by Crippen LogP contribution is 2.28. The molecule has 0 aliphatic heterocycles. The van der Waals surface area contributed by atoms with E-state index in [-0.39, 0.29) is 30.8 Å². The molecule has 0 radical (unpaired) electrons. The predicted molar refractivity (Wildman–Crippen MR) is 155 cm³/mol. The lowest BCUT2D eigenvalue weighted by atomic mass is 10.0. The Morgan fingerprint density at radius 3 is 2.22 bits per heavy atom. The average Bonchev–Trinajstić information content (AvgIpc) is 2.89. The van der Waals surface area contributed by atoms with Crippen LogP contribution in [0.25, 0.3) is 0 Å². The van der Waals surface area contributed by atoms with Crippen LogP contribution in [-0.4, -0.2) is 34.6 Å². The van der Waals surface area contributed by atoms with Gasteiger partial charge in [0.25, 0.3) is 0 Å². The van der Waals surface area contributed by atoms with Gasteiger partial charge >= 0.3 is 0 Å². The van der Waals surface area contributed by atoms with Crippen LogP contribution in [0.3, 0.4) is 0 Å². The lowest BCUT2D eigenvalue weighted by molar-refractivity contribution is -0.141. The molecular formula is C30H34Cl2N2O2S. The van der Waals surface area contributed by atoms with Crippen LogP contribution in [0.4, 0.5) is 0 Å². The van der Waals surface area contributed by atoms with Crippen molar-refractivity contribution < 1.29 is 9.59 Å². The normalized spacial score (nSPS) is 12.6. The smallest absolute Gasteiger partial charge is 0.243 e. The van der Waals surface area contributed by atoms with E-state index in [1.165, 1.54) is 5.56 Å². The van der Waals surface area contributed by atoms with Crippen molar-refractivity contribution in [3.8, 4) is 0 Å². The molecule has 0 spiro atoms. The first-order chi connectivity index (χ1) is 17.8. The van der Waals surface area contributed by atoms with Gasteiger partial charge in [-0.3, -0.25) is 9.59 Å². The van der Waals surface area contributed by atoms with Crippen molar-refractivity contribution in [2.24, 2.45) is 0 Å². The van der Waals surface area contributed by atoms with Crippen LogP contribution in [0.5, 0.6) is 0 Å². The summed E-state index contributed by atoms with van der Waals surface area (Å²) in [6.07, 6.45) is 1.46. The Bertz CT molecular complexity index is 1150. The number of amides is 2. The molecule has 1 N–H and O–H groups in total. The Kier molecular flexibility index (Phi) is 11.4. The van der Waals surface area contributed by atoms with E-state index in [1.807, 2.05) is 51.1 Å². The number of benzene rings is 3. The molecule has 0 aliphatic carbocycles. The summed E-state index contributed by atoms with van der Waals surface area (Å²) in [7, 11) is 0. The Labute approximate surface area is 234 Å². The first-order valence-corrected chi connectivity index (χ1v) is 14.3. The maximum Gasteiger partial charge on any atom is 0.243 e. The summed E-state index contributed by atoms with van der Waals surface area (Å²) >= 11 is 14.6. The van der Waals surface area contributed by atoms with E-state index in [4.69, 9.17) is 23.2 Å². The fraction of sp³-hybridized carbons (Fsp3) is 0.333. The number of carbonyl (C=O) groups excluding carboxylic acids is 2. The lowest BCUT2D eigenvalue weighted by Crippen LogP contribution is -2.52. The number of aryl methyl sites for hydroxylation is 1. The zero-order valence-corrected chi connectivity index (χ0v) is 23.9. The van der Waals surface area contributed by atoms with Gasteiger partial charge in [-0.15, -0.1) is 11.8 Å². The van der Waals surface area contributed by atoms with Crippen molar-refractivity contribution in [3.05, 3.63) is 99.5 Å². The van der Waals surface area contributed by atoms with Gasteiger partial charge in [0.05, 0.1) is 0 Å². The molecule has 0 aromatic heterocycles. The van der Waals surface area contributed by atoms with Gasteiger partial charge in [0.2, 0.25) is 11.8 Å². The van der Waals surface area contributed by atoms with Gasteiger partial charge in [0.15, 0.2) is 0 Å². The van der Waals surface area contributed by atoms with Crippen molar-refractivity contribution in [3.63, 3.8) is 0 Å². The number of halogens is 2. The highest BCUT2D eigenvalue weighted by Gasteiger charge is 2.31. The first-order valence-electron chi connectivity index (χ1n) is 12.5. The van der Waals surface area contributed by atoms with Crippen LogP contribution in [0.2, 0.25) is 10.0 Å². The molecule has 2 atom stereocenters. The average molecular weight is 558 g/mol. The molecular weight excluding hydrogens is 523 g/mol. The van der Waals surface area contributed by atoms with Gasteiger partial charge in [-0.1, -0.05) is 84.2 Å². The van der Waals surface area contributed by atoms with E-state index < -0.39 is 6.04 Å². The van der Waals surface area contributed by atoms with Crippen molar-refractivity contribution in [1.29, 1.82) is 0 Å². The van der Waals surface area contributed by atoms with E-state index in [0.717, 1.165) is 16.9 Å². The Morgan fingerprint density at radius 1 is 0.946 bits per heavy atom. The second kappa shape index (κ2) is 14.5. The van der Waals surface area contributed by atoms with E-state index >= 15 is 0 Å². The minimum atomic E-state index is -0.708. The summed E-state index contributed by atoms with van der Waals surface area (Å²) < 4.78 is 0. The summed E-state index contributed by atoms with van der Waals surface area (Å²) in [5.41, 5.74) is 2.81. The number of carbonyl (C=O) groups is 2. The van der Waals surface area contributed by atoms with Gasteiger partial charge in [-0.2, -0.15) is 0 Å². The topological polar surface area (TPSA) is 49.4 Å². The molecule has 196 valence electrons. The number of hydrogen-bond donors (Lipinski definition) is 1. The molecule has 37 heavy (non-hydrogen) atoms. The maximum atomic E-state index is 13.8. The van der Waals surface area contributed by atoms with Crippen LogP contribution in [-0.2, 0) is 22.6 Å². The molecule has 0 saturated heterocycles. The summed E-state index contributed by atoms with van der Waals surface area (Å²) in [6.45, 7) is 6.18. The van der Waals surface area contributed by atoms with Crippen molar-refractivity contribution >= 4 is 46.8 Å². The van der Waals surface area contributed by atoms with Crippen molar-refractivity contribution in [2.45, 2.75) is 63.6 Å². The van der Waals surface area contributed by atoms with Crippen molar-refractivity contribution in [2.75, 3.05) is 5.75 Å². The van der Waals surface area contributed by atoms with Gasteiger partial charge in [-0.05, 0) is 50.1 Å². The maximum absolute atomic E-state index is 13.8. The summed E-state index contributed by atoms with van der Waals surface area (Å²) in [4.78, 5) is 30.1. The molecule has 7 heteroatoms. The van der Waals surface area contributed by atoms with Crippen LogP contribution in [0.1, 0.15) is 43.4 Å². The van der Waals surface area contributed by atoms with Crippen LogP contribution in [0, 0.1) is 6.92 Å². The molecule has 3 aromatic carbocycles. The molecule has 3 aromatic rings. The highest BCUT2D eigenvalue weighted by atomic mass is 35.5. The van der Waals surface area contributed by atoms with E-state index in [9.17, 15) is 9.59 Å². The second-order valence-electron chi connectivity index (χ2n) is 9.16. The number of nitrogens with one attached hydrogen (secondary N) is 1. The summed E-state index contributed by atoms with van der Waals surface area (Å²) in [6, 6.07) is 22.6. The summed E-state index contributed by atoms with van der Waals surface area (Å²) in [5, 5.41) is 4.03. The SMILES string of the molecule is CC[C@H](C)NC(=O)[C@@H](Cc1ccccc1)N(Cc1c(Cl)cccc1Cl)C(=O)CCSc1ccc(C)cc1. The molecule has 4 nitrogen and oxygen atoms in total. The van der Waals surface area contributed by atoms with E-state index in [1.54, 1.807) is 34.9 Å². The molecule has 0 bridgehead atoms. The van der Waals surface area contributed by atoms with Crippen molar-refractivity contribution in [1.82, 2.24) is 10.2 Å². The van der Waals surface area contributed by atoms with Crippen LogP contribution < -0.4 is 5.32 Å². The molecule has 3 rings (SSSR count). The third-order valence-electron chi connectivity index (χ3n) is 6.27. The number of thioether (sulfide) groups is 1. The van der Waals surface area contributed by atoms with E-state index in [2.05, 4.69) is 29.6 Å². The molecule has 0 unspecified atom stereocenters. The Balaban J connectivity index is 1.90. The molecule has 0 saturated carbocycles. The predicted octanol–water partition coefficient (Wildman–Crippen LogP) is 7.34.